The number of hydrogen-bond donors (Lipinski definition) is 3. The number of hydrogen-bond acceptors (Lipinski definition) is 3. The Kier molecular flexibility index (Phi) is 3.12. The lowest BCUT2D eigenvalue weighted by molar-refractivity contribution is 0.813. The van der Waals surface area contributed by atoms with Crippen LogP contribution in [0, 0.1) is 0 Å². The Morgan fingerprint density at radius 1 is 1.25 bits per heavy atom. The molecule has 0 spiro atoms. The molecule has 3 N–H and O–H groups in total. The summed E-state index contributed by atoms with van der Waals surface area (Å²) in [6, 6.07) is 9.41. The second-order valence-corrected chi connectivity index (χ2v) is 4.56. The number of imidazole rings is 1. The van der Waals surface area contributed by atoms with Crippen molar-refractivity contribution in [2.24, 2.45) is 7.05 Å². The number of aromatic amines is 2. The maximum absolute atomic E-state index is 11.1. The van der Waals surface area contributed by atoms with Gasteiger partial charge in [0.25, 0.3) is 5.56 Å². The fraction of sp³-hybridized carbons (Fsp3) is 0.143. The molecule has 20 heavy (non-hydrogen) atoms. The molecule has 3 rings (SSSR count). The molecule has 3 aromatic rings. The molecule has 0 amide bonds. The molecule has 0 saturated heterocycles. The number of H-pyrrole nitrogens is 2. The molecule has 6 heteroatoms. The maximum atomic E-state index is 11.1. The van der Waals surface area contributed by atoms with E-state index < -0.39 is 0 Å². The van der Waals surface area contributed by atoms with E-state index in [1.807, 2.05) is 42.1 Å². The average Bonchev–Trinajstić information content (AvgIpc) is 3.06. The van der Waals surface area contributed by atoms with Crippen LogP contribution in [0.25, 0.3) is 11.3 Å². The van der Waals surface area contributed by atoms with Crippen LogP contribution in [0.1, 0.15) is 5.82 Å². The summed E-state index contributed by atoms with van der Waals surface area (Å²) in [6.45, 7) is 0.670. The molecular formula is C14H15N5O. The molecular weight excluding hydrogens is 254 g/mol. The predicted octanol–water partition coefficient (Wildman–Crippen LogP) is 1.72. The molecule has 0 unspecified atom stereocenters. The Balaban J connectivity index is 1.70. The topological polar surface area (TPSA) is 78.5 Å². The average molecular weight is 269 g/mol. The first-order valence-electron chi connectivity index (χ1n) is 6.30. The molecule has 0 aliphatic rings. The fourth-order valence-electron chi connectivity index (χ4n) is 2.00. The summed E-state index contributed by atoms with van der Waals surface area (Å²) < 4.78 is 1.98. The Bertz CT molecular complexity index is 750. The van der Waals surface area contributed by atoms with Gasteiger partial charge in [-0.1, -0.05) is 12.1 Å². The quantitative estimate of drug-likeness (QED) is 0.674. The standard InChI is InChI=1S/C14H15N5O/c1-19-7-6-15-13(19)9-16-11-4-2-10(3-5-11)12-8-14(20)18-17-12/h2-8,16H,9H2,1H3,(H2,17,18,20). The number of nitrogens with zero attached hydrogens (tertiary/aromatic N) is 2. The van der Waals surface area contributed by atoms with Crippen molar-refractivity contribution in [1.82, 2.24) is 19.7 Å². The van der Waals surface area contributed by atoms with Crippen LogP contribution in [-0.4, -0.2) is 19.7 Å². The number of nitrogens with one attached hydrogen (secondary N) is 3. The summed E-state index contributed by atoms with van der Waals surface area (Å²) in [5.41, 5.74) is 2.63. The Morgan fingerprint density at radius 3 is 2.65 bits per heavy atom. The van der Waals surface area contributed by atoms with Gasteiger partial charge in [-0.2, -0.15) is 0 Å². The van der Waals surface area contributed by atoms with Crippen LogP contribution in [0.15, 0.2) is 47.5 Å². The van der Waals surface area contributed by atoms with E-state index in [-0.39, 0.29) is 5.56 Å². The van der Waals surface area contributed by atoms with Gasteiger partial charge in [-0.25, -0.2) is 4.98 Å². The highest BCUT2D eigenvalue weighted by atomic mass is 16.1. The third kappa shape index (κ3) is 2.49. The zero-order chi connectivity index (χ0) is 13.9. The Morgan fingerprint density at radius 2 is 2.05 bits per heavy atom. The number of aryl methyl sites for hydroxylation is 1. The summed E-state index contributed by atoms with van der Waals surface area (Å²) in [5, 5.41) is 8.66. The van der Waals surface area contributed by atoms with Crippen molar-refractivity contribution < 1.29 is 0 Å². The van der Waals surface area contributed by atoms with Crippen LogP contribution in [-0.2, 0) is 13.6 Å². The fourth-order valence-corrected chi connectivity index (χ4v) is 2.00. The van der Waals surface area contributed by atoms with Gasteiger partial charge in [-0.05, 0) is 17.7 Å². The molecule has 0 aliphatic heterocycles. The number of aromatic nitrogens is 4. The second-order valence-electron chi connectivity index (χ2n) is 4.56. The van der Waals surface area contributed by atoms with E-state index in [9.17, 15) is 4.79 Å². The minimum Gasteiger partial charge on any atom is -0.378 e. The second kappa shape index (κ2) is 5.08. The summed E-state index contributed by atoms with van der Waals surface area (Å²) >= 11 is 0. The smallest absolute Gasteiger partial charge is 0.264 e. The van der Waals surface area contributed by atoms with Gasteiger partial charge in [0.15, 0.2) is 0 Å². The Hall–Kier alpha value is -2.76. The molecule has 1 aromatic carbocycles. The highest BCUT2D eigenvalue weighted by molar-refractivity contribution is 5.62. The van der Waals surface area contributed by atoms with Gasteiger partial charge in [0.1, 0.15) is 5.82 Å². The SMILES string of the molecule is Cn1ccnc1CNc1ccc(-c2cc(=O)[nH][nH]2)cc1. The van der Waals surface area contributed by atoms with Crippen LogP contribution < -0.4 is 10.9 Å². The maximum Gasteiger partial charge on any atom is 0.264 e. The van der Waals surface area contributed by atoms with E-state index in [1.165, 1.54) is 6.07 Å². The third-order valence-corrected chi connectivity index (χ3v) is 3.16. The van der Waals surface area contributed by atoms with E-state index in [4.69, 9.17) is 0 Å². The lowest BCUT2D eigenvalue weighted by atomic mass is 10.1. The van der Waals surface area contributed by atoms with Gasteiger partial charge in [-0.3, -0.25) is 15.0 Å². The number of benzene rings is 1. The highest BCUT2D eigenvalue weighted by Crippen LogP contribution is 2.18. The van der Waals surface area contributed by atoms with Gasteiger partial charge >= 0.3 is 0 Å². The summed E-state index contributed by atoms with van der Waals surface area (Å²) in [5.74, 6) is 0.976. The molecule has 0 saturated carbocycles. The monoisotopic (exact) mass is 269 g/mol. The summed E-state index contributed by atoms with van der Waals surface area (Å²) in [6.07, 6.45) is 3.70. The van der Waals surface area contributed by atoms with Crippen molar-refractivity contribution in [3.63, 3.8) is 0 Å². The van der Waals surface area contributed by atoms with Gasteiger partial charge in [0.2, 0.25) is 0 Å². The Labute approximate surface area is 115 Å². The molecule has 0 fully saturated rings. The van der Waals surface area contributed by atoms with Gasteiger partial charge < -0.3 is 9.88 Å². The van der Waals surface area contributed by atoms with E-state index in [2.05, 4.69) is 20.5 Å². The normalized spacial score (nSPS) is 10.7. The van der Waals surface area contributed by atoms with Crippen molar-refractivity contribution in [3.8, 4) is 11.3 Å². The molecule has 0 radical (unpaired) electrons. The minimum absolute atomic E-state index is 0.128. The predicted molar refractivity (Wildman–Crippen MR) is 77.4 cm³/mol. The zero-order valence-electron chi connectivity index (χ0n) is 11.1. The first-order valence-corrected chi connectivity index (χ1v) is 6.30. The van der Waals surface area contributed by atoms with Crippen LogP contribution >= 0.6 is 0 Å². The molecule has 2 aromatic heterocycles. The van der Waals surface area contributed by atoms with E-state index in [0.717, 1.165) is 22.8 Å². The van der Waals surface area contributed by atoms with Crippen molar-refractivity contribution >= 4 is 5.69 Å². The van der Waals surface area contributed by atoms with Gasteiger partial charge in [-0.15, -0.1) is 0 Å². The van der Waals surface area contributed by atoms with Gasteiger partial charge in [0.05, 0.1) is 12.2 Å². The lowest BCUT2D eigenvalue weighted by Crippen LogP contribution is -2.05. The molecule has 102 valence electrons. The van der Waals surface area contributed by atoms with Crippen LogP contribution in [0.4, 0.5) is 5.69 Å². The van der Waals surface area contributed by atoms with Crippen LogP contribution in [0.2, 0.25) is 0 Å². The van der Waals surface area contributed by atoms with Crippen molar-refractivity contribution in [2.75, 3.05) is 5.32 Å². The zero-order valence-corrected chi connectivity index (χ0v) is 11.1. The largest absolute Gasteiger partial charge is 0.378 e. The van der Waals surface area contributed by atoms with Crippen molar-refractivity contribution in [1.29, 1.82) is 0 Å². The van der Waals surface area contributed by atoms with Crippen molar-refractivity contribution in [2.45, 2.75) is 6.54 Å². The van der Waals surface area contributed by atoms with E-state index in [1.54, 1.807) is 6.20 Å². The lowest BCUT2D eigenvalue weighted by Gasteiger charge is -2.07. The molecule has 0 atom stereocenters. The third-order valence-electron chi connectivity index (χ3n) is 3.16. The highest BCUT2D eigenvalue weighted by Gasteiger charge is 2.02. The molecule has 6 nitrogen and oxygen atoms in total. The number of anilines is 1. The van der Waals surface area contributed by atoms with Crippen molar-refractivity contribution in [3.05, 3.63) is 58.9 Å². The molecule has 0 aliphatic carbocycles. The van der Waals surface area contributed by atoms with E-state index >= 15 is 0 Å². The summed E-state index contributed by atoms with van der Waals surface area (Å²) in [7, 11) is 1.97. The minimum atomic E-state index is -0.128. The number of rotatable bonds is 4. The molecule has 2 heterocycles. The van der Waals surface area contributed by atoms with E-state index in [0.29, 0.717) is 6.54 Å². The first kappa shape index (κ1) is 12.3. The first-order chi connectivity index (χ1) is 9.72. The summed E-state index contributed by atoms with van der Waals surface area (Å²) in [4.78, 5) is 15.3. The molecule has 0 bridgehead atoms. The van der Waals surface area contributed by atoms with Gasteiger partial charge in [0, 0.05) is 31.2 Å². The van der Waals surface area contributed by atoms with Crippen LogP contribution in [0.5, 0.6) is 0 Å². The van der Waals surface area contributed by atoms with Crippen LogP contribution in [0.3, 0.4) is 0 Å².